The molecule has 0 fully saturated rings. The van der Waals surface area contributed by atoms with Crippen LogP contribution >= 0.6 is 0 Å². The van der Waals surface area contributed by atoms with Crippen LogP contribution in [-0.2, 0) is 6.54 Å². The molecule has 2 aromatic rings. The monoisotopic (exact) mass is 337 g/mol. The number of carbonyl (C=O) groups is 2. The fraction of sp³-hybridized carbons (Fsp3) is 0.158. The molecule has 0 aliphatic rings. The Kier molecular flexibility index (Phi) is 6.89. The van der Waals surface area contributed by atoms with E-state index in [0.717, 1.165) is 5.56 Å². The van der Waals surface area contributed by atoms with E-state index in [1.807, 2.05) is 30.3 Å². The predicted molar refractivity (Wildman–Crippen MR) is 94.9 cm³/mol. The lowest BCUT2D eigenvalue weighted by Crippen LogP contribution is -2.35. The number of ether oxygens (including phenoxy) is 1. The van der Waals surface area contributed by atoms with Crippen LogP contribution in [0.25, 0.3) is 0 Å². The molecule has 2 rings (SSSR count). The lowest BCUT2D eigenvalue weighted by Gasteiger charge is -2.06. The molecule has 3 amide bonds. The van der Waals surface area contributed by atoms with Gasteiger partial charge in [0.05, 0.1) is 12.1 Å². The third-order valence-electron chi connectivity index (χ3n) is 3.21. The van der Waals surface area contributed by atoms with Crippen molar-refractivity contribution in [1.29, 1.82) is 0 Å². The van der Waals surface area contributed by atoms with E-state index in [1.165, 1.54) is 0 Å². The number of para-hydroxylation sites is 1. The Hall–Kier alpha value is -3.46. The van der Waals surface area contributed by atoms with Gasteiger partial charge < -0.3 is 21.1 Å². The third-order valence-corrected chi connectivity index (χ3v) is 3.21. The van der Waals surface area contributed by atoms with Gasteiger partial charge in [-0.2, -0.15) is 0 Å². The highest BCUT2D eigenvalue weighted by atomic mass is 16.5. The molecule has 0 unspecified atom stereocenters. The normalized spacial score (nSPS) is 9.44. The maximum Gasteiger partial charge on any atom is 0.315 e. The lowest BCUT2D eigenvalue weighted by molar-refractivity contribution is 0.0997. The van der Waals surface area contributed by atoms with E-state index in [0.29, 0.717) is 17.9 Å². The van der Waals surface area contributed by atoms with Crippen molar-refractivity contribution in [2.24, 2.45) is 5.73 Å². The highest BCUT2D eigenvalue weighted by Gasteiger charge is 2.07. The summed E-state index contributed by atoms with van der Waals surface area (Å²) in [5.74, 6) is 5.36. The van der Waals surface area contributed by atoms with Crippen LogP contribution in [0.2, 0.25) is 0 Å². The number of urea groups is 1. The lowest BCUT2D eigenvalue weighted by atomic mass is 10.2. The summed E-state index contributed by atoms with van der Waals surface area (Å²) < 4.78 is 5.41. The van der Waals surface area contributed by atoms with Crippen molar-refractivity contribution in [2.45, 2.75) is 6.54 Å². The first-order valence-corrected chi connectivity index (χ1v) is 7.70. The van der Waals surface area contributed by atoms with Gasteiger partial charge in [-0.3, -0.25) is 4.79 Å². The average Bonchev–Trinajstić information content (AvgIpc) is 2.64. The number of primary amides is 1. The highest BCUT2D eigenvalue weighted by molar-refractivity contribution is 5.95. The van der Waals surface area contributed by atoms with Crippen molar-refractivity contribution >= 4 is 11.9 Å². The van der Waals surface area contributed by atoms with Crippen molar-refractivity contribution in [2.75, 3.05) is 13.2 Å². The van der Waals surface area contributed by atoms with Crippen LogP contribution in [0.5, 0.6) is 5.75 Å². The summed E-state index contributed by atoms with van der Waals surface area (Å²) in [4.78, 5) is 22.9. The Morgan fingerprint density at radius 3 is 2.44 bits per heavy atom. The standard InChI is InChI=1S/C19H19N3O3/c20-18(23)16-10-4-5-11-17(16)25-13-7-6-12-21-19(24)22-14-15-8-2-1-3-9-15/h1-5,8-11H,12-14H2,(H2,20,23)(H2,21,22,24). The van der Waals surface area contributed by atoms with Crippen LogP contribution in [0.15, 0.2) is 54.6 Å². The van der Waals surface area contributed by atoms with Crippen LogP contribution in [-0.4, -0.2) is 25.1 Å². The number of benzene rings is 2. The van der Waals surface area contributed by atoms with Crippen LogP contribution < -0.4 is 21.1 Å². The molecule has 0 radical (unpaired) electrons. The minimum Gasteiger partial charge on any atom is -0.480 e. The Morgan fingerprint density at radius 1 is 0.960 bits per heavy atom. The summed E-state index contributed by atoms with van der Waals surface area (Å²) in [6, 6.07) is 16.0. The molecule has 0 atom stereocenters. The van der Waals surface area contributed by atoms with Gasteiger partial charge in [0.25, 0.3) is 5.91 Å². The fourth-order valence-electron chi connectivity index (χ4n) is 1.99. The van der Waals surface area contributed by atoms with Gasteiger partial charge in [0.1, 0.15) is 12.4 Å². The largest absolute Gasteiger partial charge is 0.480 e. The summed E-state index contributed by atoms with van der Waals surface area (Å²) in [6.45, 7) is 0.742. The minimum absolute atomic E-state index is 0.0948. The van der Waals surface area contributed by atoms with Crippen molar-refractivity contribution in [3.8, 4) is 17.6 Å². The predicted octanol–water partition coefficient (Wildman–Crippen LogP) is 1.67. The van der Waals surface area contributed by atoms with Gasteiger partial charge in [-0.05, 0) is 17.7 Å². The topological polar surface area (TPSA) is 93.5 Å². The van der Waals surface area contributed by atoms with E-state index in [9.17, 15) is 9.59 Å². The van der Waals surface area contributed by atoms with E-state index in [4.69, 9.17) is 10.5 Å². The van der Waals surface area contributed by atoms with Gasteiger partial charge in [0.2, 0.25) is 0 Å². The second kappa shape index (κ2) is 9.63. The number of hydrogen-bond donors (Lipinski definition) is 3. The van der Waals surface area contributed by atoms with Gasteiger partial charge in [-0.25, -0.2) is 4.79 Å². The van der Waals surface area contributed by atoms with Crippen molar-refractivity contribution in [3.05, 3.63) is 65.7 Å². The maximum absolute atomic E-state index is 11.6. The highest BCUT2D eigenvalue weighted by Crippen LogP contribution is 2.16. The molecule has 0 saturated heterocycles. The minimum atomic E-state index is -0.555. The fourth-order valence-corrected chi connectivity index (χ4v) is 1.99. The van der Waals surface area contributed by atoms with Crippen molar-refractivity contribution in [3.63, 3.8) is 0 Å². The molecule has 4 N–H and O–H groups in total. The van der Waals surface area contributed by atoms with E-state index in [2.05, 4.69) is 22.5 Å². The number of nitrogens with two attached hydrogens (primary N) is 1. The van der Waals surface area contributed by atoms with Crippen molar-refractivity contribution in [1.82, 2.24) is 10.6 Å². The summed E-state index contributed by atoms with van der Waals surface area (Å²) in [7, 11) is 0. The van der Waals surface area contributed by atoms with Crippen LogP contribution in [0.3, 0.4) is 0 Å². The number of nitrogens with one attached hydrogen (secondary N) is 2. The van der Waals surface area contributed by atoms with Gasteiger partial charge in [-0.15, -0.1) is 0 Å². The molecule has 0 saturated carbocycles. The molecule has 0 heterocycles. The Morgan fingerprint density at radius 2 is 1.68 bits per heavy atom. The first-order valence-electron chi connectivity index (χ1n) is 7.70. The molecule has 6 heteroatoms. The quantitative estimate of drug-likeness (QED) is 0.700. The molecular weight excluding hydrogens is 318 g/mol. The van der Waals surface area contributed by atoms with Crippen LogP contribution in [0, 0.1) is 11.8 Å². The zero-order valence-electron chi connectivity index (χ0n) is 13.6. The van der Waals surface area contributed by atoms with Gasteiger partial charge in [0, 0.05) is 6.54 Å². The molecule has 0 aliphatic heterocycles. The number of carbonyl (C=O) groups excluding carboxylic acids is 2. The Bertz CT molecular complexity index is 779. The van der Waals surface area contributed by atoms with Gasteiger partial charge >= 0.3 is 6.03 Å². The molecule has 0 aromatic heterocycles. The second-order valence-electron chi connectivity index (χ2n) is 5.02. The molecule has 6 nitrogen and oxygen atoms in total. The molecule has 25 heavy (non-hydrogen) atoms. The number of amides is 3. The van der Waals surface area contributed by atoms with Crippen LogP contribution in [0.1, 0.15) is 15.9 Å². The van der Waals surface area contributed by atoms with E-state index >= 15 is 0 Å². The smallest absolute Gasteiger partial charge is 0.315 e. The molecule has 0 spiro atoms. The summed E-state index contributed by atoms with van der Waals surface area (Å²) in [5.41, 5.74) is 6.59. The summed E-state index contributed by atoms with van der Waals surface area (Å²) in [6.07, 6.45) is 0. The molecular formula is C19H19N3O3. The molecule has 0 aliphatic carbocycles. The Labute approximate surface area is 146 Å². The second-order valence-corrected chi connectivity index (χ2v) is 5.02. The molecule has 128 valence electrons. The molecule has 2 aromatic carbocycles. The Balaban J connectivity index is 1.67. The van der Waals surface area contributed by atoms with E-state index in [-0.39, 0.29) is 19.2 Å². The first-order chi connectivity index (χ1) is 12.2. The average molecular weight is 337 g/mol. The first kappa shape index (κ1) is 17.9. The summed E-state index contributed by atoms with van der Waals surface area (Å²) in [5, 5.41) is 5.36. The SMILES string of the molecule is NC(=O)c1ccccc1OCC#CCNC(=O)NCc1ccccc1. The van der Waals surface area contributed by atoms with E-state index in [1.54, 1.807) is 24.3 Å². The number of rotatable bonds is 6. The van der Waals surface area contributed by atoms with Gasteiger partial charge in [0.15, 0.2) is 0 Å². The maximum atomic E-state index is 11.6. The van der Waals surface area contributed by atoms with Crippen LogP contribution in [0.4, 0.5) is 4.79 Å². The third kappa shape index (κ3) is 6.28. The van der Waals surface area contributed by atoms with E-state index < -0.39 is 5.91 Å². The summed E-state index contributed by atoms with van der Waals surface area (Å²) >= 11 is 0. The zero-order chi connectivity index (χ0) is 17.9. The zero-order valence-corrected chi connectivity index (χ0v) is 13.6. The van der Waals surface area contributed by atoms with Crippen molar-refractivity contribution < 1.29 is 14.3 Å². The molecule has 0 bridgehead atoms. The number of hydrogen-bond acceptors (Lipinski definition) is 3. The van der Waals surface area contributed by atoms with Gasteiger partial charge in [-0.1, -0.05) is 54.3 Å².